The van der Waals surface area contributed by atoms with Crippen LogP contribution in [0.2, 0.25) is 5.02 Å². The highest BCUT2D eigenvalue weighted by Gasteiger charge is 2.34. The number of carbonyl (C=O) groups is 2. The zero-order chi connectivity index (χ0) is 33.1. The van der Waals surface area contributed by atoms with Crippen molar-refractivity contribution < 1.29 is 22.7 Å². The Kier molecular flexibility index (Phi) is 12.2. The second-order valence-electron chi connectivity index (χ2n) is 11.2. The molecule has 0 spiro atoms. The van der Waals surface area contributed by atoms with Crippen molar-refractivity contribution >= 4 is 39.1 Å². The van der Waals surface area contributed by atoms with E-state index in [1.807, 2.05) is 57.2 Å². The van der Waals surface area contributed by atoms with E-state index in [0.717, 1.165) is 9.87 Å². The average molecular weight is 662 g/mol. The first kappa shape index (κ1) is 34.5. The minimum Gasteiger partial charge on any atom is -0.494 e. The van der Waals surface area contributed by atoms with Crippen LogP contribution in [0.1, 0.15) is 31.9 Å². The number of amides is 2. The van der Waals surface area contributed by atoms with E-state index in [4.69, 9.17) is 16.3 Å². The van der Waals surface area contributed by atoms with Crippen LogP contribution in [0.4, 0.5) is 5.69 Å². The summed E-state index contributed by atoms with van der Waals surface area (Å²) in [5.41, 5.74) is 1.88. The van der Waals surface area contributed by atoms with Crippen LogP contribution in [0, 0.1) is 5.92 Å². The van der Waals surface area contributed by atoms with Crippen LogP contribution in [-0.2, 0) is 32.6 Å². The molecule has 0 aliphatic carbocycles. The van der Waals surface area contributed by atoms with Crippen molar-refractivity contribution in [2.24, 2.45) is 5.92 Å². The second-order valence-corrected chi connectivity index (χ2v) is 13.5. The van der Waals surface area contributed by atoms with Gasteiger partial charge in [-0.3, -0.25) is 13.9 Å². The molecule has 2 amide bonds. The summed E-state index contributed by atoms with van der Waals surface area (Å²) in [5, 5.41) is 3.47. The standard InChI is InChI=1S/C36H40ClN3O5S/c1-4-45-32-18-20-33(21-19-32)46(43,44)40(31-16-9-6-10-17-31)26-35(41)39(25-29-14-11-15-30(37)22-29)34(36(42)38-24-27(2)3)23-28-12-7-5-8-13-28/h5-22,27,34H,4,23-26H2,1-3H3,(H,38,42). The molecule has 10 heteroatoms. The van der Waals surface area contributed by atoms with Gasteiger partial charge in [-0.05, 0) is 72.5 Å². The van der Waals surface area contributed by atoms with Crippen LogP contribution in [0.5, 0.6) is 5.75 Å². The monoisotopic (exact) mass is 661 g/mol. The number of benzene rings is 4. The number of rotatable bonds is 15. The molecule has 0 aromatic heterocycles. The second kappa shape index (κ2) is 16.3. The fraction of sp³-hybridized carbons (Fsp3) is 0.278. The van der Waals surface area contributed by atoms with Gasteiger partial charge in [0.25, 0.3) is 10.0 Å². The van der Waals surface area contributed by atoms with Gasteiger partial charge in [0.05, 0.1) is 17.2 Å². The lowest BCUT2D eigenvalue weighted by molar-refractivity contribution is -0.140. The number of carbonyl (C=O) groups excluding carboxylic acids is 2. The minimum atomic E-state index is -4.21. The van der Waals surface area contributed by atoms with Crippen LogP contribution in [0.25, 0.3) is 0 Å². The third-order valence-corrected chi connectivity index (χ3v) is 9.27. The van der Waals surface area contributed by atoms with Crippen molar-refractivity contribution in [3.8, 4) is 5.75 Å². The van der Waals surface area contributed by atoms with Crippen molar-refractivity contribution in [3.05, 3.63) is 125 Å². The first-order valence-electron chi connectivity index (χ1n) is 15.2. The lowest BCUT2D eigenvalue weighted by atomic mass is 10.0. The Morgan fingerprint density at radius 3 is 2.09 bits per heavy atom. The molecule has 1 unspecified atom stereocenters. The van der Waals surface area contributed by atoms with Gasteiger partial charge in [-0.25, -0.2) is 8.42 Å². The zero-order valence-corrected chi connectivity index (χ0v) is 27.9. The maximum absolute atomic E-state index is 14.5. The zero-order valence-electron chi connectivity index (χ0n) is 26.3. The largest absolute Gasteiger partial charge is 0.494 e. The van der Waals surface area contributed by atoms with E-state index >= 15 is 0 Å². The van der Waals surface area contributed by atoms with Gasteiger partial charge in [0.2, 0.25) is 11.8 Å². The molecule has 8 nitrogen and oxygen atoms in total. The number of hydrogen-bond donors (Lipinski definition) is 1. The molecule has 4 aromatic carbocycles. The molecule has 1 N–H and O–H groups in total. The summed E-state index contributed by atoms with van der Waals surface area (Å²) in [6, 6.07) is 30.1. The van der Waals surface area contributed by atoms with Crippen molar-refractivity contribution in [2.45, 2.75) is 44.7 Å². The fourth-order valence-corrected chi connectivity index (χ4v) is 6.56. The molecular weight excluding hydrogens is 622 g/mol. The Balaban J connectivity index is 1.77. The molecule has 242 valence electrons. The molecule has 0 aliphatic heterocycles. The molecule has 46 heavy (non-hydrogen) atoms. The van der Waals surface area contributed by atoms with E-state index in [1.165, 1.54) is 17.0 Å². The number of hydrogen-bond acceptors (Lipinski definition) is 5. The Bertz CT molecular complexity index is 1680. The number of ether oxygens (including phenoxy) is 1. The number of sulfonamides is 1. The van der Waals surface area contributed by atoms with E-state index in [2.05, 4.69) is 5.32 Å². The number of para-hydroxylation sites is 1. The van der Waals surface area contributed by atoms with Crippen molar-refractivity contribution in [1.29, 1.82) is 0 Å². The molecular formula is C36H40ClN3O5S. The van der Waals surface area contributed by atoms with Gasteiger partial charge in [-0.2, -0.15) is 0 Å². The van der Waals surface area contributed by atoms with Crippen LogP contribution in [0.3, 0.4) is 0 Å². The van der Waals surface area contributed by atoms with E-state index < -0.39 is 28.5 Å². The topological polar surface area (TPSA) is 96.0 Å². The number of anilines is 1. The van der Waals surface area contributed by atoms with Gasteiger partial charge in [0.1, 0.15) is 18.3 Å². The van der Waals surface area contributed by atoms with Crippen LogP contribution < -0.4 is 14.4 Å². The maximum Gasteiger partial charge on any atom is 0.264 e. The molecule has 1 atom stereocenters. The molecule has 0 fully saturated rings. The van der Waals surface area contributed by atoms with Crippen LogP contribution in [-0.4, -0.2) is 50.9 Å². The normalized spacial score (nSPS) is 11.9. The highest BCUT2D eigenvalue weighted by Crippen LogP contribution is 2.26. The van der Waals surface area contributed by atoms with E-state index in [-0.39, 0.29) is 29.7 Å². The predicted molar refractivity (Wildman–Crippen MR) is 182 cm³/mol. The molecule has 4 rings (SSSR count). The minimum absolute atomic E-state index is 0.00418. The Hall–Kier alpha value is -4.34. The quantitative estimate of drug-likeness (QED) is 0.160. The fourth-order valence-electron chi connectivity index (χ4n) is 4.93. The Morgan fingerprint density at radius 2 is 1.48 bits per heavy atom. The first-order valence-corrected chi connectivity index (χ1v) is 17.1. The number of nitrogens with zero attached hydrogens (tertiary/aromatic N) is 2. The van der Waals surface area contributed by atoms with Gasteiger partial charge in [-0.15, -0.1) is 0 Å². The third-order valence-electron chi connectivity index (χ3n) is 7.24. The molecule has 0 bridgehead atoms. The number of halogens is 1. The van der Waals surface area contributed by atoms with E-state index in [9.17, 15) is 18.0 Å². The highest BCUT2D eigenvalue weighted by molar-refractivity contribution is 7.92. The molecule has 0 saturated carbocycles. The summed E-state index contributed by atoms with van der Waals surface area (Å²) in [4.78, 5) is 29.8. The van der Waals surface area contributed by atoms with Gasteiger partial charge in [0.15, 0.2) is 0 Å². The third kappa shape index (κ3) is 9.34. The van der Waals surface area contributed by atoms with Crippen LogP contribution in [0.15, 0.2) is 114 Å². The van der Waals surface area contributed by atoms with Crippen LogP contribution >= 0.6 is 11.6 Å². The lowest BCUT2D eigenvalue weighted by Gasteiger charge is -2.34. The first-order chi connectivity index (χ1) is 22.1. The summed E-state index contributed by atoms with van der Waals surface area (Å²) in [6.45, 7) is 6.19. The van der Waals surface area contributed by atoms with Crippen molar-refractivity contribution in [2.75, 3.05) is 24.0 Å². The van der Waals surface area contributed by atoms with Gasteiger partial charge < -0.3 is 15.0 Å². The summed E-state index contributed by atoms with van der Waals surface area (Å²) >= 11 is 6.31. The van der Waals surface area contributed by atoms with Crippen molar-refractivity contribution in [1.82, 2.24) is 10.2 Å². The molecule has 0 heterocycles. The smallest absolute Gasteiger partial charge is 0.264 e. The summed E-state index contributed by atoms with van der Waals surface area (Å²) in [7, 11) is -4.21. The van der Waals surface area contributed by atoms with Gasteiger partial charge in [0, 0.05) is 24.5 Å². The van der Waals surface area contributed by atoms with E-state index in [0.29, 0.717) is 35.2 Å². The van der Waals surface area contributed by atoms with Gasteiger partial charge in [-0.1, -0.05) is 86.1 Å². The Labute approximate surface area is 277 Å². The molecule has 0 radical (unpaired) electrons. The summed E-state index contributed by atoms with van der Waals surface area (Å²) in [6.07, 6.45) is 0.230. The maximum atomic E-state index is 14.5. The van der Waals surface area contributed by atoms with E-state index in [1.54, 1.807) is 60.7 Å². The highest BCUT2D eigenvalue weighted by atomic mass is 35.5. The molecule has 0 aliphatic rings. The SMILES string of the molecule is CCOc1ccc(S(=O)(=O)N(CC(=O)N(Cc2cccc(Cl)c2)C(Cc2ccccc2)C(=O)NCC(C)C)c2ccccc2)cc1. The Morgan fingerprint density at radius 1 is 0.848 bits per heavy atom. The van der Waals surface area contributed by atoms with Crippen molar-refractivity contribution in [3.63, 3.8) is 0 Å². The lowest BCUT2D eigenvalue weighted by Crippen LogP contribution is -2.53. The predicted octanol–water partition coefficient (Wildman–Crippen LogP) is 6.35. The molecule has 0 saturated heterocycles. The summed E-state index contributed by atoms with van der Waals surface area (Å²) in [5.74, 6) is -0.147. The summed E-state index contributed by atoms with van der Waals surface area (Å²) < 4.78 is 34.9. The van der Waals surface area contributed by atoms with Gasteiger partial charge >= 0.3 is 0 Å². The average Bonchev–Trinajstić information content (AvgIpc) is 3.05. The number of nitrogens with one attached hydrogen (secondary N) is 1. The molecule has 4 aromatic rings.